The fourth-order valence-electron chi connectivity index (χ4n) is 2.87. The summed E-state index contributed by atoms with van der Waals surface area (Å²) in [7, 11) is 0. The molecule has 0 amide bonds. The van der Waals surface area contributed by atoms with E-state index in [2.05, 4.69) is 5.32 Å². The number of hydrogen-bond acceptors (Lipinski definition) is 5. The van der Waals surface area contributed by atoms with E-state index >= 15 is 0 Å². The Hall–Kier alpha value is -0.260. The molecule has 0 aromatic rings. The maximum Gasteiger partial charge on any atom is 0.316 e. The normalized spacial score (nSPS) is 38.0. The zero-order valence-electron chi connectivity index (χ0n) is 10.3. The first kappa shape index (κ1) is 13.2. The van der Waals surface area contributed by atoms with E-state index in [1.54, 1.807) is 11.8 Å². The van der Waals surface area contributed by atoms with Crippen LogP contribution in [0.2, 0.25) is 0 Å². The third kappa shape index (κ3) is 2.20. The SMILES string of the molecule is CCOC(=O)C1(C2(O)CCSC2)CCCNC1. The number of aliphatic hydroxyl groups is 1. The second kappa shape index (κ2) is 5.16. The van der Waals surface area contributed by atoms with Crippen molar-refractivity contribution in [2.24, 2.45) is 5.41 Å². The third-order valence-electron chi connectivity index (χ3n) is 3.94. The van der Waals surface area contributed by atoms with Gasteiger partial charge in [0.05, 0.1) is 12.2 Å². The van der Waals surface area contributed by atoms with Crippen molar-refractivity contribution in [2.45, 2.75) is 31.8 Å². The van der Waals surface area contributed by atoms with Gasteiger partial charge < -0.3 is 15.2 Å². The largest absolute Gasteiger partial charge is 0.465 e. The van der Waals surface area contributed by atoms with Crippen LogP contribution in [-0.2, 0) is 9.53 Å². The maximum absolute atomic E-state index is 12.3. The standard InChI is InChI=1S/C12H21NO3S/c1-2-16-10(14)11(4-3-6-13-8-11)12(15)5-7-17-9-12/h13,15H,2-9H2,1H3. The molecule has 0 aromatic carbocycles. The molecule has 2 unspecified atom stereocenters. The molecule has 5 heteroatoms. The van der Waals surface area contributed by atoms with Crippen molar-refractivity contribution in [1.29, 1.82) is 0 Å². The fourth-order valence-corrected chi connectivity index (χ4v) is 4.25. The number of rotatable bonds is 3. The van der Waals surface area contributed by atoms with Gasteiger partial charge in [-0.2, -0.15) is 11.8 Å². The maximum atomic E-state index is 12.3. The molecular formula is C12H21NO3S. The minimum absolute atomic E-state index is 0.225. The molecular weight excluding hydrogens is 238 g/mol. The summed E-state index contributed by atoms with van der Waals surface area (Å²) in [6.07, 6.45) is 2.35. The summed E-state index contributed by atoms with van der Waals surface area (Å²) < 4.78 is 5.21. The molecule has 0 aliphatic carbocycles. The van der Waals surface area contributed by atoms with Crippen LogP contribution in [0.4, 0.5) is 0 Å². The number of carbonyl (C=O) groups excluding carboxylic acids is 1. The van der Waals surface area contributed by atoms with Gasteiger partial charge in [-0.3, -0.25) is 4.79 Å². The van der Waals surface area contributed by atoms with E-state index in [1.165, 1.54) is 0 Å². The predicted molar refractivity (Wildman–Crippen MR) is 68.1 cm³/mol. The predicted octanol–water partition coefficient (Wildman–Crippen LogP) is 0.787. The lowest BCUT2D eigenvalue weighted by molar-refractivity contribution is -0.175. The van der Waals surface area contributed by atoms with Crippen LogP contribution >= 0.6 is 11.8 Å². The van der Waals surface area contributed by atoms with E-state index in [9.17, 15) is 9.90 Å². The van der Waals surface area contributed by atoms with Crippen LogP contribution in [0.5, 0.6) is 0 Å². The molecule has 2 saturated heterocycles. The summed E-state index contributed by atoms with van der Waals surface area (Å²) >= 11 is 1.72. The molecule has 17 heavy (non-hydrogen) atoms. The molecule has 2 rings (SSSR count). The molecule has 4 nitrogen and oxygen atoms in total. The molecule has 0 spiro atoms. The molecule has 2 fully saturated rings. The molecule has 2 aliphatic heterocycles. The molecule has 0 aromatic heterocycles. The van der Waals surface area contributed by atoms with E-state index in [0.717, 1.165) is 25.1 Å². The van der Waals surface area contributed by atoms with Gasteiger partial charge in [0.2, 0.25) is 0 Å². The Balaban J connectivity index is 2.25. The first-order chi connectivity index (χ1) is 8.15. The van der Waals surface area contributed by atoms with Crippen LogP contribution < -0.4 is 5.32 Å². The quantitative estimate of drug-likeness (QED) is 0.734. The number of thioether (sulfide) groups is 1. The highest BCUT2D eigenvalue weighted by molar-refractivity contribution is 7.99. The number of ether oxygens (including phenoxy) is 1. The van der Waals surface area contributed by atoms with Gasteiger partial charge in [0.1, 0.15) is 5.41 Å². The van der Waals surface area contributed by atoms with Crippen molar-refractivity contribution in [3.05, 3.63) is 0 Å². The summed E-state index contributed by atoms with van der Waals surface area (Å²) in [6.45, 7) is 3.66. The number of hydrogen-bond donors (Lipinski definition) is 2. The van der Waals surface area contributed by atoms with E-state index < -0.39 is 11.0 Å². The highest BCUT2D eigenvalue weighted by Crippen LogP contribution is 2.46. The average molecular weight is 259 g/mol. The second-order valence-electron chi connectivity index (χ2n) is 4.92. The molecule has 2 aliphatic rings. The Morgan fingerprint density at radius 2 is 2.35 bits per heavy atom. The van der Waals surface area contributed by atoms with Crippen molar-refractivity contribution in [1.82, 2.24) is 5.32 Å². The van der Waals surface area contributed by atoms with E-state index in [0.29, 0.717) is 25.3 Å². The van der Waals surface area contributed by atoms with Gasteiger partial charge in [-0.1, -0.05) is 0 Å². The van der Waals surface area contributed by atoms with Crippen molar-refractivity contribution in [3.8, 4) is 0 Å². The average Bonchev–Trinajstić information content (AvgIpc) is 2.79. The molecule has 0 bridgehead atoms. The van der Waals surface area contributed by atoms with E-state index in [4.69, 9.17) is 4.74 Å². The topological polar surface area (TPSA) is 58.6 Å². The van der Waals surface area contributed by atoms with Crippen LogP contribution in [0.25, 0.3) is 0 Å². The fraction of sp³-hybridized carbons (Fsp3) is 0.917. The van der Waals surface area contributed by atoms with Gasteiger partial charge in [0.15, 0.2) is 0 Å². The van der Waals surface area contributed by atoms with Crippen LogP contribution in [0.1, 0.15) is 26.2 Å². The van der Waals surface area contributed by atoms with Crippen LogP contribution in [0.15, 0.2) is 0 Å². The number of carbonyl (C=O) groups is 1. The Kier molecular flexibility index (Phi) is 4.00. The first-order valence-corrected chi connectivity index (χ1v) is 7.48. The lowest BCUT2D eigenvalue weighted by Gasteiger charge is -2.45. The van der Waals surface area contributed by atoms with Gasteiger partial charge in [0.25, 0.3) is 0 Å². The lowest BCUT2D eigenvalue weighted by atomic mass is 9.67. The van der Waals surface area contributed by atoms with E-state index in [1.807, 2.05) is 6.92 Å². The Morgan fingerprint density at radius 3 is 2.88 bits per heavy atom. The second-order valence-corrected chi connectivity index (χ2v) is 6.02. The van der Waals surface area contributed by atoms with Crippen molar-refractivity contribution in [2.75, 3.05) is 31.2 Å². The molecule has 0 saturated carbocycles. The zero-order valence-corrected chi connectivity index (χ0v) is 11.1. The number of nitrogens with one attached hydrogen (secondary N) is 1. The van der Waals surface area contributed by atoms with Crippen molar-refractivity contribution >= 4 is 17.7 Å². The smallest absolute Gasteiger partial charge is 0.316 e. The van der Waals surface area contributed by atoms with Crippen molar-refractivity contribution < 1.29 is 14.6 Å². The number of esters is 1. The Morgan fingerprint density at radius 1 is 1.53 bits per heavy atom. The zero-order chi connectivity index (χ0) is 12.4. The summed E-state index contributed by atoms with van der Waals surface area (Å²) in [4.78, 5) is 12.3. The minimum atomic E-state index is -0.892. The molecule has 2 atom stereocenters. The highest BCUT2D eigenvalue weighted by Gasteiger charge is 2.58. The molecule has 2 N–H and O–H groups in total. The van der Waals surface area contributed by atoms with Gasteiger partial charge >= 0.3 is 5.97 Å². The molecule has 2 heterocycles. The molecule has 0 radical (unpaired) electrons. The molecule has 98 valence electrons. The van der Waals surface area contributed by atoms with Gasteiger partial charge in [-0.15, -0.1) is 0 Å². The summed E-state index contributed by atoms with van der Waals surface area (Å²) in [5.41, 5.74) is -1.62. The van der Waals surface area contributed by atoms with Gasteiger partial charge in [0, 0.05) is 12.3 Å². The summed E-state index contributed by atoms with van der Waals surface area (Å²) in [5, 5.41) is 14.0. The van der Waals surface area contributed by atoms with Crippen LogP contribution in [0, 0.1) is 5.41 Å². The van der Waals surface area contributed by atoms with E-state index in [-0.39, 0.29) is 5.97 Å². The van der Waals surface area contributed by atoms with Gasteiger partial charge in [-0.05, 0) is 38.5 Å². The van der Waals surface area contributed by atoms with Gasteiger partial charge in [-0.25, -0.2) is 0 Å². The number of piperidine rings is 1. The summed E-state index contributed by atoms with van der Waals surface area (Å²) in [6, 6.07) is 0. The Labute approximate surface area is 106 Å². The van der Waals surface area contributed by atoms with Crippen molar-refractivity contribution in [3.63, 3.8) is 0 Å². The van der Waals surface area contributed by atoms with Crippen LogP contribution in [-0.4, -0.2) is 47.9 Å². The monoisotopic (exact) mass is 259 g/mol. The van der Waals surface area contributed by atoms with Crippen LogP contribution in [0.3, 0.4) is 0 Å². The third-order valence-corrected chi connectivity index (χ3v) is 5.12. The first-order valence-electron chi connectivity index (χ1n) is 6.33. The minimum Gasteiger partial charge on any atom is -0.465 e. The highest BCUT2D eigenvalue weighted by atomic mass is 32.2. The lowest BCUT2D eigenvalue weighted by Crippen LogP contribution is -2.61. The Bertz CT molecular complexity index is 283. The summed E-state index contributed by atoms with van der Waals surface area (Å²) in [5.74, 6) is 1.35.